The van der Waals surface area contributed by atoms with Crippen molar-refractivity contribution < 1.29 is 20.1 Å². The number of benzene rings is 3. The number of carboxylic acid groups (broad SMARTS) is 1. The second kappa shape index (κ2) is 10.9. The molecule has 0 atom stereocenters. The summed E-state index contributed by atoms with van der Waals surface area (Å²) in [5, 5.41) is 29.0. The first-order valence-corrected chi connectivity index (χ1v) is 10.1. The molecular formula is C21H18Cl2O4S. The van der Waals surface area contributed by atoms with Gasteiger partial charge in [-0.15, -0.1) is 0 Å². The Labute approximate surface area is 177 Å². The summed E-state index contributed by atoms with van der Waals surface area (Å²) in [6.45, 7) is 0. The topological polar surface area (TPSA) is 77.8 Å². The smallest absolute Gasteiger partial charge is 0.335 e. The van der Waals surface area contributed by atoms with Crippen LogP contribution in [0, 0.1) is 0 Å². The van der Waals surface area contributed by atoms with E-state index in [9.17, 15) is 15.0 Å². The lowest BCUT2D eigenvalue weighted by atomic mass is 10.2. The van der Waals surface area contributed by atoms with Crippen LogP contribution in [0.15, 0.2) is 66.7 Å². The highest BCUT2D eigenvalue weighted by Gasteiger charge is 2.05. The van der Waals surface area contributed by atoms with Gasteiger partial charge in [-0.05, 0) is 48.5 Å². The van der Waals surface area contributed by atoms with Gasteiger partial charge in [0.15, 0.2) is 0 Å². The van der Waals surface area contributed by atoms with Crippen molar-refractivity contribution in [2.24, 2.45) is 0 Å². The van der Waals surface area contributed by atoms with Crippen LogP contribution in [-0.4, -0.2) is 21.3 Å². The van der Waals surface area contributed by atoms with Gasteiger partial charge in [-0.3, -0.25) is 0 Å². The molecule has 0 spiro atoms. The largest absolute Gasteiger partial charge is 0.508 e. The van der Waals surface area contributed by atoms with Gasteiger partial charge in [-0.25, -0.2) is 4.79 Å². The van der Waals surface area contributed by atoms with E-state index in [2.05, 4.69) is 0 Å². The Morgan fingerprint density at radius 1 is 0.786 bits per heavy atom. The number of carbonyl (C=O) groups is 1. The second-order valence-corrected chi connectivity index (χ2v) is 7.57. The molecule has 3 rings (SSSR count). The van der Waals surface area contributed by atoms with Crippen LogP contribution in [0.3, 0.4) is 0 Å². The van der Waals surface area contributed by atoms with E-state index in [4.69, 9.17) is 28.3 Å². The van der Waals surface area contributed by atoms with Gasteiger partial charge in [0, 0.05) is 32.7 Å². The van der Waals surface area contributed by atoms with E-state index in [1.165, 1.54) is 0 Å². The molecule has 0 aliphatic rings. The van der Waals surface area contributed by atoms with Gasteiger partial charge in [-0.1, -0.05) is 41.4 Å². The first-order chi connectivity index (χ1) is 13.4. The summed E-state index contributed by atoms with van der Waals surface area (Å²) in [6, 6.07) is 18.2. The fourth-order valence-corrected chi connectivity index (χ4v) is 3.58. The van der Waals surface area contributed by atoms with E-state index in [1.54, 1.807) is 78.5 Å². The highest BCUT2D eigenvalue weighted by atomic mass is 35.5. The molecule has 0 aromatic heterocycles. The summed E-state index contributed by atoms with van der Waals surface area (Å²) in [6.07, 6.45) is 0. The molecule has 0 saturated heterocycles. The molecule has 3 aromatic carbocycles. The summed E-state index contributed by atoms with van der Waals surface area (Å²) in [7, 11) is 0. The third-order valence-electron chi connectivity index (χ3n) is 3.62. The monoisotopic (exact) mass is 436 g/mol. The van der Waals surface area contributed by atoms with E-state index in [1.807, 2.05) is 0 Å². The van der Waals surface area contributed by atoms with Gasteiger partial charge in [0.1, 0.15) is 11.5 Å². The summed E-state index contributed by atoms with van der Waals surface area (Å²) in [5.74, 6) is 0.798. The zero-order valence-corrected chi connectivity index (χ0v) is 17.0. The van der Waals surface area contributed by atoms with Crippen molar-refractivity contribution in [2.45, 2.75) is 11.5 Å². The molecular weight excluding hydrogens is 419 g/mol. The molecule has 0 saturated carbocycles. The Bertz CT molecular complexity index is 881. The van der Waals surface area contributed by atoms with Crippen molar-refractivity contribution in [3.05, 3.63) is 93.5 Å². The van der Waals surface area contributed by atoms with E-state index in [0.717, 1.165) is 11.1 Å². The van der Waals surface area contributed by atoms with Gasteiger partial charge >= 0.3 is 5.97 Å². The van der Waals surface area contributed by atoms with Crippen molar-refractivity contribution in [3.8, 4) is 11.5 Å². The normalized spacial score (nSPS) is 10.1. The Balaban J connectivity index is 0.000000261. The zero-order chi connectivity index (χ0) is 20.5. The van der Waals surface area contributed by atoms with Crippen LogP contribution in [0.4, 0.5) is 0 Å². The molecule has 0 heterocycles. The summed E-state index contributed by atoms with van der Waals surface area (Å²) >= 11 is 13.3. The number of rotatable bonds is 5. The van der Waals surface area contributed by atoms with Crippen molar-refractivity contribution in [1.29, 1.82) is 0 Å². The number of halogens is 2. The Morgan fingerprint density at radius 2 is 1.25 bits per heavy atom. The molecule has 7 heteroatoms. The van der Waals surface area contributed by atoms with Crippen LogP contribution in [0.5, 0.6) is 11.5 Å². The zero-order valence-electron chi connectivity index (χ0n) is 14.7. The average molecular weight is 437 g/mol. The standard InChI is InChI=1S/C14H12Cl2O2S.C7H6O2/c15-11-1-3-13(17)9(5-11)7-19-8-10-6-12(16)2-4-14(10)18;8-7(9)6-4-2-1-3-5-6/h1-6,17-18H,7-8H2;1-5H,(H,8,9). The molecule has 0 bridgehead atoms. The minimum atomic E-state index is -0.879. The molecule has 28 heavy (non-hydrogen) atoms. The van der Waals surface area contributed by atoms with Crippen LogP contribution in [0.25, 0.3) is 0 Å². The number of phenolic OH excluding ortho intramolecular Hbond substituents is 2. The first-order valence-electron chi connectivity index (χ1n) is 8.17. The quantitative estimate of drug-likeness (QED) is 0.442. The van der Waals surface area contributed by atoms with E-state index in [0.29, 0.717) is 27.1 Å². The SMILES string of the molecule is O=C(O)c1ccccc1.Oc1ccc(Cl)cc1CSCc1cc(Cl)ccc1O. The average Bonchev–Trinajstić information content (AvgIpc) is 2.68. The molecule has 3 N–H and O–H groups in total. The number of carboxylic acids is 1. The number of aromatic carboxylic acids is 1. The predicted octanol–water partition coefficient (Wildman–Crippen LogP) is 6.22. The number of aromatic hydroxyl groups is 2. The third kappa shape index (κ3) is 7.00. The van der Waals surface area contributed by atoms with Crippen LogP contribution in [0.1, 0.15) is 21.5 Å². The van der Waals surface area contributed by atoms with E-state index >= 15 is 0 Å². The summed E-state index contributed by atoms with van der Waals surface area (Å²) in [4.78, 5) is 10.2. The maximum Gasteiger partial charge on any atom is 0.335 e. The van der Waals surface area contributed by atoms with Crippen molar-refractivity contribution in [3.63, 3.8) is 0 Å². The number of phenols is 2. The summed E-state index contributed by atoms with van der Waals surface area (Å²) < 4.78 is 0. The second-order valence-electron chi connectivity index (χ2n) is 5.71. The van der Waals surface area contributed by atoms with Crippen LogP contribution >= 0.6 is 35.0 Å². The lowest BCUT2D eigenvalue weighted by Crippen LogP contribution is -1.93. The van der Waals surface area contributed by atoms with Gasteiger partial charge in [0.2, 0.25) is 0 Å². The molecule has 0 aliphatic carbocycles. The van der Waals surface area contributed by atoms with Crippen molar-refractivity contribution >= 4 is 40.9 Å². The van der Waals surface area contributed by atoms with Crippen molar-refractivity contribution in [1.82, 2.24) is 0 Å². The van der Waals surface area contributed by atoms with Crippen LogP contribution in [-0.2, 0) is 11.5 Å². The van der Waals surface area contributed by atoms with Crippen LogP contribution in [0.2, 0.25) is 10.0 Å². The Morgan fingerprint density at radius 3 is 1.64 bits per heavy atom. The Kier molecular flexibility index (Phi) is 8.51. The van der Waals surface area contributed by atoms with Gasteiger partial charge in [0.05, 0.1) is 5.56 Å². The molecule has 146 valence electrons. The number of hydrogen-bond donors (Lipinski definition) is 3. The molecule has 4 nitrogen and oxygen atoms in total. The fraction of sp³-hybridized carbons (Fsp3) is 0.0952. The van der Waals surface area contributed by atoms with Gasteiger partial charge in [-0.2, -0.15) is 11.8 Å². The maximum atomic E-state index is 10.2. The molecule has 0 fully saturated rings. The summed E-state index contributed by atoms with van der Waals surface area (Å²) in [5.41, 5.74) is 1.88. The lowest BCUT2D eigenvalue weighted by molar-refractivity contribution is 0.0697. The maximum absolute atomic E-state index is 10.2. The van der Waals surface area contributed by atoms with Crippen molar-refractivity contribution in [2.75, 3.05) is 0 Å². The third-order valence-corrected chi connectivity index (χ3v) is 5.12. The number of hydrogen-bond acceptors (Lipinski definition) is 4. The van der Waals surface area contributed by atoms with Crippen LogP contribution < -0.4 is 0 Å². The lowest BCUT2D eigenvalue weighted by Gasteiger charge is -2.07. The number of thioether (sulfide) groups is 1. The molecule has 0 amide bonds. The molecule has 0 unspecified atom stereocenters. The molecule has 3 aromatic rings. The highest BCUT2D eigenvalue weighted by Crippen LogP contribution is 2.30. The Hall–Kier alpha value is -2.34. The molecule has 0 aliphatic heterocycles. The van der Waals surface area contributed by atoms with E-state index in [-0.39, 0.29) is 11.5 Å². The fourth-order valence-electron chi connectivity index (χ4n) is 2.19. The molecule has 0 radical (unpaired) electrons. The predicted molar refractivity (Wildman–Crippen MR) is 115 cm³/mol. The minimum Gasteiger partial charge on any atom is -0.508 e. The highest BCUT2D eigenvalue weighted by molar-refractivity contribution is 7.97. The van der Waals surface area contributed by atoms with E-state index < -0.39 is 5.97 Å². The van der Waals surface area contributed by atoms with Gasteiger partial charge < -0.3 is 15.3 Å². The van der Waals surface area contributed by atoms with Gasteiger partial charge in [0.25, 0.3) is 0 Å². The minimum absolute atomic E-state index is 0.229. The first kappa shape index (κ1) is 22.0.